The third-order valence-corrected chi connectivity index (χ3v) is 4.07. The first kappa shape index (κ1) is 14.1. The molecule has 1 fully saturated rings. The molecular weight excluding hydrogens is 292 g/mol. The van der Waals surface area contributed by atoms with Crippen LogP contribution in [0, 0.1) is 0 Å². The van der Waals surface area contributed by atoms with E-state index in [0.29, 0.717) is 18.4 Å². The van der Waals surface area contributed by atoms with E-state index >= 15 is 0 Å². The summed E-state index contributed by atoms with van der Waals surface area (Å²) in [5.74, 6) is 2.03. The number of rotatable bonds is 6. The zero-order valence-electron chi connectivity index (χ0n) is 12.9. The predicted molar refractivity (Wildman–Crippen MR) is 82.9 cm³/mol. The number of hydrogen-bond donors (Lipinski definition) is 1. The van der Waals surface area contributed by atoms with E-state index < -0.39 is 0 Å². The molecule has 0 unspecified atom stereocenters. The van der Waals surface area contributed by atoms with E-state index in [1.807, 2.05) is 18.3 Å². The first-order chi connectivity index (χ1) is 11.3. The standard InChI is InChI=1S/C16H18N6O/c1-11(17-10-15-19-16(20-23-15)13-2-3-13)12-4-6-14(7-5-12)22-9-8-18-21-22/h4-9,11,13,17H,2-3,10H2,1H3/t11-/m1/s1. The van der Waals surface area contributed by atoms with Crippen LogP contribution in [-0.2, 0) is 6.54 Å². The number of nitrogens with one attached hydrogen (secondary N) is 1. The second kappa shape index (κ2) is 5.92. The summed E-state index contributed by atoms with van der Waals surface area (Å²) in [5, 5.41) is 15.2. The maximum Gasteiger partial charge on any atom is 0.240 e. The maximum absolute atomic E-state index is 5.28. The van der Waals surface area contributed by atoms with Crippen molar-refractivity contribution in [2.75, 3.05) is 0 Å². The van der Waals surface area contributed by atoms with Crippen molar-refractivity contribution in [2.45, 2.75) is 38.3 Å². The van der Waals surface area contributed by atoms with Crippen molar-refractivity contribution in [1.82, 2.24) is 30.5 Å². The van der Waals surface area contributed by atoms with Gasteiger partial charge in [-0.15, -0.1) is 5.10 Å². The molecule has 0 radical (unpaired) electrons. The molecule has 0 spiro atoms. The summed E-state index contributed by atoms with van der Waals surface area (Å²) < 4.78 is 7.01. The van der Waals surface area contributed by atoms with Crippen LogP contribution in [0.1, 0.15) is 49.0 Å². The molecule has 118 valence electrons. The van der Waals surface area contributed by atoms with Crippen LogP contribution in [-0.4, -0.2) is 25.1 Å². The molecule has 3 aromatic rings. The molecule has 1 aliphatic rings. The molecule has 2 aromatic heterocycles. The Morgan fingerprint density at radius 3 is 2.83 bits per heavy atom. The first-order valence-electron chi connectivity index (χ1n) is 7.82. The van der Waals surface area contributed by atoms with Crippen molar-refractivity contribution in [2.24, 2.45) is 0 Å². The summed E-state index contributed by atoms with van der Waals surface area (Å²) >= 11 is 0. The van der Waals surface area contributed by atoms with Gasteiger partial charge >= 0.3 is 0 Å². The molecule has 2 heterocycles. The molecular formula is C16H18N6O. The van der Waals surface area contributed by atoms with Gasteiger partial charge in [0.05, 0.1) is 24.6 Å². The maximum atomic E-state index is 5.28. The Balaban J connectivity index is 1.37. The Bertz CT molecular complexity index is 760. The number of benzene rings is 1. The Morgan fingerprint density at radius 1 is 1.30 bits per heavy atom. The van der Waals surface area contributed by atoms with Gasteiger partial charge in [0.25, 0.3) is 0 Å². The van der Waals surface area contributed by atoms with Crippen molar-refractivity contribution in [3.05, 3.63) is 53.9 Å². The van der Waals surface area contributed by atoms with Gasteiger partial charge in [-0.05, 0) is 37.5 Å². The third-order valence-electron chi connectivity index (χ3n) is 4.07. The fraction of sp³-hybridized carbons (Fsp3) is 0.375. The van der Waals surface area contributed by atoms with E-state index in [2.05, 4.69) is 44.8 Å². The van der Waals surface area contributed by atoms with Crippen molar-refractivity contribution in [3.8, 4) is 5.69 Å². The normalized spacial score (nSPS) is 15.7. The second-order valence-corrected chi connectivity index (χ2v) is 5.86. The van der Waals surface area contributed by atoms with Crippen LogP contribution >= 0.6 is 0 Å². The van der Waals surface area contributed by atoms with Crippen molar-refractivity contribution in [1.29, 1.82) is 0 Å². The molecule has 1 aliphatic carbocycles. The average molecular weight is 310 g/mol. The van der Waals surface area contributed by atoms with Gasteiger partial charge < -0.3 is 9.84 Å². The number of hydrogen-bond acceptors (Lipinski definition) is 6. The molecule has 0 aliphatic heterocycles. The molecule has 0 saturated heterocycles. The van der Waals surface area contributed by atoms with E-state index in [0.717, 1.165) is 11.5 Å². The third kappa shape index (κ3) is 3.14. The highest BCUT2D eigenvalue weighted by molar-refractivity contribution is 5.34. The van der Waals surface area contributed by atoms with Gasteiger partial charge in [-0.2, -0.15) is 4.98 Å². The minimum absolute atomic E-state index is 0.191. The molecule has 7 heteroatoms. The Morgan fingerprint density at radius 2 is 2.13 bits per heavy atom. The van der Waals surface area contributed by atoms with Crippen molar-refractivity contribution in [3.63, 3.8) is 0 Å². The van der Waals surface area contributed by atoms with Gasteiger partial charge in [0.2, 0.25) is 5.89 Å². The van der Waals surface area contributed by atoms with Crippen LogP contribution in [0.4, 0.5) is 0 Å². The topological polar surface area (TPSA) is 81.7 Å². The lowest BCUT2D eigenvalue weighted by Crippen LogP contribution is -2.18. The van der Waals surface area contributed by atoms with E-state index in [-0.39, 0.29) is 6.04 Å². The van der Waals surface area contributed by atoms with E-state index in [4.69, 9.17) is 4.52 Å². The SMILES string of the molecule is C[C@@H](NCc1nc(C2CC2)no1)c1ccc(-n2ccnn2)cc1. The van der Waals surface area contributed by atoms with Crippen molar-refractivity contribution < 1.29 is 4.52 Å². The summed E-state index contributed by atoms with van der Waals surface area (Å²) in [6.07, 6.45) is 5.85. The average Bonchev–Trinajstić information content (AvgIpc) is 3.11. The quantitative estimate of drug-likeness (QED) is 0.753. The highest BCUT2D eigenvalue weighted by Gasteiger charge is 2.28. The molecule has 4 rings (SSSR count). The van der Waals surface area contributed by atoms with Gasteiger partial charge in [-0.3, -0.25) is 0 Å². The largest absolute Gasteiger partial charge is 0.338 e. The summed E-state index contributed by atoms with van der Waals surface area (Å²) in [6, 6.07) is 8.41. The molecule has 1 saturated carbocycles. The number of aromatic nitrogens is 5. The van der Waals surface area contributed by atoms with Crippen molar-refractivity contribution >= 4 is 0 Å². The minimum Gasteiger partial charge on any atom is -0.338 e. The highest BCUT2D eigenvalue weighted by atomic mass is 16.5. The highest BCUT2D eigenvalue weighted by Crippen LogP contribution is 2.38. The van der Waals surface area contributed by atoms with Gasteiger partial charge in [-0.25, -0.2) is 4.68 Å². The minimum atomic E-state index is 0.191. The van der Waals surface area contributed by atoms with E-state index in [9.17, 15) is 0 Å². The molecule has 1 N–H and O–H groups in total. The van der Waals surface area contributed by atoms with E-state index in [1.165, 1.54) is 18.4 Å². The molecule has 1 aromatic carbocycles. The Hall–Kier alpha value is -2.54. The van der Waals surface area contributed by atoms with Gasteiger partial charge in [-0.1, -0.05) is 22.5 Å². The van der Waals surface area contributed by atoms with Crippen LogP contribution in [0.3, 0.4) is 0 Å². The summed E-state index contributed by atoms with van der Waals surface area (Å²) in [6.45, 7) is 2.69. The number of nitrogens with zero attached hydrogens (tertiary/aromatic N) is 5. The smallest absolute Gasteiger partial charge is 0.240 e. The lowest BCUT2D eigenvalue weighted by Gasteiger charge is -2.13. The van der Waals surface area contributed by atoms with Crippen LogP contribution in [0.2, 0.25) is 0 Å². The first-order valence-corrected chi connectivity index (χ1v) is 7.82. The Labute approximate surface area is 133 Å². The Kier molecular flexibility index (Phi) is 3.63. The molecule has 0 bridgehead atoms. The summed E-state index contributed by atoms with van der Waals surface area (Å²) in [4.78, 5) is 4.43. The summed E-state index contributed by atoms with van der Waals surface area (Å²) in [7, 11) is 0. The van der Waals surface area contributed by atoms with Gasteiger partial charge in [0, 0.05) is 12.0 Å². The molecule has 7 nitrogen and oxygen atoms in total. The monoisotopic (exact) mass is 310 g/mol. The van der Waals surface area contributed by atoms with Gasteiger partial charge in [0.1, 0.15) is 0 Å². The fourth-order valence-corrected chi connectivity index (χ4v) is 2.47. The van der Waals surface area contributed by atoms with Crippen LogP contribution in [0.5, 0.6) is 0 Å². The van der Waals surface area contributed by atoms with Crippen LogP contribution in [0.15, 0.2) is 41.2 Å². The zero-order valence-corrected chi connectivity index (χ0v) is 12.9. The van der Waals surface area contributed by atoms with Gasteiger partial charge in [0.15, 0.2) is 5.82 Å². The lowest BCUT2D eigenvalue weighted by molar-refractivity contribution is 0.356. The lowest BCUT2D eigenvalue weighted by atomic mass is 10.1. The molecule has 1 atom stereocenters. The zero-order chi connectivity index (χ0) is 15.6. The van der Waals surface area contributed by atoms with E-state index in [1.54, 1.807) is 10.9 Å². The summed E-state index contributed by atoms with van der Waals surface area (Å²) in [5.41, 5.74) is 2.18. The molecule has 0 amide bonds. The van der Waals surface area contributed by atoms with Crippen LogP contribution < -0.4 is 5.32 Å². The predicted octanol–water partition coefficient (Wildman–Crippen LogP) is 2.38. The fourth-order valence-electron chi connectivity index (χ4n) is 2.47. The second-order valence-electron chi connectivity index (χ2n) is 5.86. The van der Waals surface area contributed by atoms with Crippen LogP contribution in [0.25, 0.3) is 5.69 Å². The molecule has 23 heavy (non-hydrogen) atoms.